The zero-order valence-electron chi connectivity index (χ0n) is 20.2. The molecular weight excluding hydrogens is 420 g/mol. The molecule has 0 amide bonds. The number of benzene rings is 1. The zero-order chi connectivity index (χ0) is 24.2. The van der Waals surface area contributed by atoms with Crippen molar-refractivity contribution in [2.45, 2.75) is 60.3 Å². The van der Waals surface area contributed by atoms with Crippen molar-refractivity contribution in [2.75, 3.05) is 13.2 Å². The third kappa shape index (κ3) is 8.29. The third-order valence-corrected chi connectivity index (χ3v) is 4.75. The molecule has 0 saturated heterocycles. The molecule has 0 N–H and O–H groups in total. The molecule has 0 radical (unpaired) electrons. The lowest BCUT2D eigenvalue weighted by Crippen LogP contribution is -2.14. The Morgan fingerprint density at radius 1 is 1.00 bits per heavy atom. The quantitative estimate of drug-likeness (QED) is 0.157. The fraction of sp³-hybridized carbons (Fsp3) is 0.407. The predicted octanol–water partition coefficient (Wildman–Crippen LogP) is 6.52. The number of ether oxygens (including phenoxy) is 3. The van der Waals surface area contributed by atoms with Crippen LogP contribution >= 0.6 is 0 Å². The number of hydrogen-bond donors (Lipinski definition) is 0. The number of rotatable bonds is 12. The molecular formula is C27H34O6. The monoisotopic (exact) mass is 454 g/mol. The van der Waals surface area contributed by atoms with Crippen LogP contribution in [0.25, 0.3) is 11.0 Å². The molecule has 0 spiro atoms. The summed E-state index contributed by atoms with van der Waals surface area (Å²) < 4.78 is 22.5. The summed E-state index contributed by atoms with van der Waals surface area (Å²) >= 11 is 0. The van der Waals surface area contributed by atoms with Crippen LogP contribution in [0.1, 0.15) is 60.3 Å². The van der Waals surface area contributed by atoms with Crippen molar-refractivity contribution in [2.24, 2.45) is 0 Å². The number of esters is 1. The summed E-state index contributed by atoms with van der Waals surface area (Å²) in [6.07, 6.45) is 11.8. The highest BCUT2D eigenvalue weighted by Crippen LogP contribution is 2.39. The van der Waals surface area contributed by atoms with Crippen molar-refractivity contribution < 1.29 is 23.4 Å². The van der Waals surface area contributed by atoms with E-state index in [1.165, 1.54) is 12.5 Å². The Balaban J connectivity index is 2.38. The van der Waals surface area contributed by atoms with Crippen LogP contribution < -0.4 is 19.8 Å². The fourth-order valence-corrected chi connectivity index (χ4v) is 3.14. The van der Waals surface area contributed by atoms with Crippen molar-refractivity contribution >= 4 is 16.9 Å². The number of carbonyl (C=O) groups excluding carboxylic acids is 1. The maximum Gasteiger partial charge on any atom is 0.383 e. The van der Waals surface area contributed by atoms with E-state index in [9.17, 15) is 9.59 Å². The maximum absolute atomic E-state index is 12.5. The Hall–Kier alpha value is -3.28. The van der Waals surface area contributed by atoms with Gasteiger partial charge < -0.3 is 18.6 Å². The second kappa shape index (κ2) is 13.3. The van der Waals surface area contributed by atoms with Crippen LogP contribution in [0.4, 0.5) is 0 Å². The lowest BCUT2D eigenvalue weighted by atomic mass is 10.1. The number of hydrogen-bond acceptors (Lipinski definition) is 6. The molecule has 0 bridgehead atoms. The van der Waals surface area contributed by atoms with Crippen molar-refractivity contribution in [3.05, 3.63) is 64.1 Å². The maximum atomic E-state index is 12.5. The van der Waals surface area contributed by atoms with Gasteiger partial charge in [-0.1, -0.05) is 42.4 Å². The first kappa shape index (κ1) is 26.0. The minimum Gasteiger partial charge on any atom is -0.492 e. The summed E-state index contributed by atoms with van der Waals surface area (Å²) in [7, 11) is 0. The lowest BCUT2D eigenvalue weighted by Gasteiger charge is -2.14. The zero-order valence-corrected chi connectivity index (χ0v) is 20.2. The van der Waals surface area contributed by atoms with Gasteiger partial charge in [0.15, 0.2) is 5.75 Å². The topological polar surface area (TPSA) is 75.0 Å². The van der Waals surface area contributed by atoms with Gasteiger partial charge in [0, 0.05) is 6.92 Å². The summed E-state index contributed by atoms with van der Waals surface area (Å²) in [5.41, 5.74) is 1.97. The van der Waals surface area contributed by atoms with Crippen LogP contribution in [0.3, 0.4) is 0 Å². The number of allylic oxidation sites excluding steroid dienone is 4. The van der Waals surface area contributed by atoms with E-state index in [2.05, 4.69) is 39.0 Å². The molecule has 1 aromatic heterocycles. The van der Waals surface area contributed by atoms with Crippen molar-refractivity contribution in [1.29, 1.82) is 0 Å². The summed E-state index contributed by atoms with van der Waals surface area (Å²) in [5, 5.41) is 0.461. The van der Waals surface area contributed by atoms with Gasteiger partial charge in [-0.05, 0) is 64.7 Å². The molecule has 0 saturated carbocycles. The number of carbonyl (C=O) groups is 1. The molecule has 1 aromatic carbocycles. The van der Waals surface area contributed by atoms with Crippen LogP contribution in [0.15, 0.2) is 62.9 Å². The van der Waals surface area contributed by atoms with Crippen LogP contribution in [0, 0.1) is 0 Å². The van der Waals surface area contributed by atoms with Crippen LogP contribution in [-0.2, 0) is 4.79 Å². The Morgan fingerprint density at radius 3 is 2.48 bits per heavy atom. The molecule has 0 fully saturated rings. The molecule has 0 atom stereocenters. The normalized spacial score (nSPS) is 11.6. The minimum atomic E-state index is -0.778. The highest BCUT2D eigenvalue weighted by Gasteiger charge is 2.22. The van der Waals surface area contributed by atoms with Crippen LogP contribution in [0.5, 0.6) is 17.2 Å². The minimum absolute atomic E-state index is 0.143. The van der Waals surface area contributed by atoms with Gasteiger partial charge in [-0.25, -0.2) is 4.79 Å². The largest absolute Gasteiger partial charge is 0.492 e. The Bertz CT molecular complexity index is 1080. The molecule has 6 nitrogen and oxygen atoms in total. The van der Waals surface area contributed by atoms with Crippen LogP contribution in [-0.4, -0.2) is 19.2 Å². The van der Waals surface area contributed by atoms with E-state index >= 15 is 0 Å². The molecule has 33 heavy (non-hydrogen) atoms. The second-order valence-corrected chi connectivity index (χ2v) is 7.97. The molecule has 0 aliphatic rings. The molecule has 0 unspecified atom stereocenters. The Kier molecular flexibility index (Phi) is 10.5. The van der Waals surface area contributed by atoms with Crippen molar-refractivity contribution in [3.8, 4) is 17.2 Å². The van der Waals surface area contributed by atoms with E-state index in [0.717, 1.165) is 31.3 Å². The first-order chi connectivity index (χ1) is 15.8. The highest BCUT2D eigenvalue weighted by atomic mass is 16.6. The fourth-order valence-electron chi connectivity index (χ4n) is 3.14. The second-order valence-electron chi connectivity index (χ2n) is 7.97. The van der Waals surface area contributed by atoms with Gasteiger partial charge in [0.25, 0.3) is 5.75 Å². The van der Waals surface area contributed by atoms with Crippen LogP contribution in [0.2, 0.25) is 0 Å². The predicted molar refractivity (Wildman–Crippen MR) is 131 cm³/mol. The SMILES string of the molecule is CCC=CCCOc1cccc2oc(=O)c(OC(C)=O)c(OCC=C(C)CCC=C(C)C)c12. The van der Waals surface area contributed by atoms with E-state index < -0.39 is 11.6 Å². The molecule has 2 aromatic rings. The van der Waals surface area contributed by atoms with Gasteiger partial charge in [0.05, 0.1) is 6.61 Å². The van der Waals surface area contributed by atoms with Gasteiger partial charge in [0.1, 0.15) is 23.3 Å². The van der Waals surface area contributed by atoms with E-state index in [4.69, 9.17) is 18.6 Å². The molecule has 178 valence electrons. The summed E-state index contributed by atoms with van der Waals surface area (Å²) in [6, 6.07) is 5.17. The first-order valence-corrected chi connectivity index (χ1v) is 11.3. The summed E-state index contributed by atoms with van der Waals surface area (Å²) in [6.45, 7) is 10.1. The van der Waals surface area contributed by atoms with Gasteiger partial charge in [0.2, 0.25) is 0 Å². The summed E-state index contributed by atoms with van der Waals surface area (Å²) in [4.78, 5) is 24.2. The van der Waals surface area contributed by atoms with E-state index in [0.29, 0.717) is 23.3 Å². The average molecular weight is 455 g/mol. The molecule has 2 rings (SSSR count). The van der Waals surface area contributed by atoms with Gasteiger partial charge in [-0.15, -0.1) is 0 Å². The Morgan fingerprint density at radius 2 is 1.79 bits per heavy atom. The molecule has 0 aliphatic heterocycles. The van der Waals surface area contributed by atoms with Gasteiger partial charge in [-0.3, -0.25) is 4.79 Å². The third-order valence-electron chi connectivity index (χ3n) is 4.75. The highest BCUT2D eigenvalue weighted by molar-refractivity contribution is 5.92. The Labute approximate surface area is 195 Å². The molecule has 6 heteroatoms. The average Bonchev–Trinajstić information content (AvgIpc) is 2.75. The smallest absolute Gasteiger partial charge is 0.383 e. The van der Waals surface area contributed by atoms with Crippen molar-refractivity contribution in [1.82, 2.24) is 0 Å². The standard InChI is InChI=1S/C27H34O6/c1-6-7-8-9-17-30-22-14-11-15-23-24(22)25(26(27(29)33-23)32-21(5)28)31-18-16-20(4)13-10-12-19(2)3/h7-8,11-12,14-16H,6,9-10,13,17-18H2,1-5H3. The van der Waals surface area contributed by atoms with E-state index in [1.807, 2.05) is 13.0 Å². The van der Waals surface area contributed by atoms with Crippen molar-refractivity contribution in [3.63, 3.8) is 0 Å². The van der Waals surface area contributed by atoms with Gasteiger partial charge >= 0.3 is 11.6 Å². The lowest BCUT2D eigenvalue weighted by molar-refractivity contribution is -0.132. The van der Waals surface area contributed by atoms with E-state index in [1.54, 1.807) is 18.2 Å². The van der Waals surface area contributed by atoms with E-state index in [-0.39, 0.29) is 18.1 Å². The molecule has 0 aliphatic carbocycles. The summed E-state index contributed by atoms with van der Waals surface area (Å²) in [5.74, 6) is -0.270. The number of fused-ring (bicyclic) bond motifs is 1. The molecule has 1 heterocycles. The van der Waals surface area contributed by atoms with Gasteiger partial charge in [-0.2, -0.15) is 0 Å². The first-order valence-electron chi connectivity index (χ1n) is 11.3.